The Morgan fingerprint density at radius 2 is 1.88 bits per heavy atom. The Morgan fingerprint density at radius 3 is 2.35 bits per heavy atom. The molecule has 0 aliphatic heterocycles. The van der Waals surface area contributed by atoms with Crippen molar-refractivity contribution in [3.63, 3.8) is 0 Å². The largest absolute Gasteiger partial charge is 0.368 e. The summed E-state index contributed by atoms with van der Waals surface area (Å²) in [5.74, 6) is -0.951. The molecule has 5 nitrogen and oxygen atoms in total. The number of carbonyl (C=O) groups excluding carboxylic acids is 2. The highest BCUT2D eigenvalue weighted by molar-refractivity contribution is 5.88. The molecule has 0 unspecified atom stereocenters. The molecule has 0 fully saturated rings. The Kier molecular flexibility index (Phi) is 4.66. The number of nitrogens with two attached hydrogens (primary N) is 2. The summed E-state index contributed by atoms with van der Waals surface area (Å²) in [6.45, 7) is 1.55. The van der Waals surface area contributed by atoms with Gasteiger partial charge >= 0.3 is 0 Å². The minimum Gasteiger partial charge on any atom is -0.368 e. The molecule has 17 heavy (non-hydrogen) atoms. The quantitative estimate of drug-likeness (QED) is 0.644. The molecule has 2 amide bonds. The fraction of sp³-hybridized carbons (Fsp3) is 0.333. The first-order valence-electron chi connectivity index (χ1n) is 5.40. The maximum Gasteiger partial charge on any atom is 0.240 e. The molecule has 0 saturated carbocycles. The van der Waals surface area contributed by atoms with Gasteiger partial charge in [0.15, 0.2) is 0 Å². The summed E-state index contributed by atoms with van der Waals surface area (Å²) in [5.41, 5.74) is 11.6. The predicted molar refractivity (Wildman–Crippen MR) is 64.9 cm³/mol. The van der Waals surface area contributed by atoms with E-state index in [1.165, 1.54) is 0 Å². The lowest BCUT2D eigenvalue weighted by Gasteiger charge is -2.16. The van der Waals surface area contributed by atoms with Crippen molar-refractivity contribution in [2.24, 2.45) is 11.5 Å². The van der Waals surface area contributed by atoms with Crippen LogP contribution in [-0.2, 0) is 16.0 Å². The lowest BCUT2D eigenvalue weighted by Crippen LogP contribution is -2.50. The summed E-state index contributed by atoms with van der Waals surface area (Å²) >= 11 is 0. The van der Waals surface area contributed by atoms with Gasteiger partial charge in [0.2, 0.25) is 11.8 Å². The van der Waals surface area contributed by atoms with Crippen LogP contribution in [0.5, 0.6) is 0 Å². The average Bonchev–Trinajstić information content (AvgIpc) is 2.29. The van der Waals surface area contributed by atoms with Crippen molar-refractivity contribution in [2.45, 2.75) is 25.4 Å². The van der Waals surface area contributed by atoms with Crippen LogP contribution in [0.2, 0.25) is 0 Å². The Morgan fingerprint density at radius 1 is 1.29 bits per heavy atom. The molecule has 1 aromatic carbocycles. The molecule has 0 radical (unpaired) electrons. The van der Waals surface area contributed by atoms with E-state index in [1.807, 2.05) is 30.3 Å². The minimum absolute atomic E-state index is 0.370. The van der Waals surface area contributed by atoms with E-state index in [1.54, 1.807) is 6.92 Å². The predicted octanol–water partition coefficient (Wildman–Crippen LogP) is -0.454. The van der Waals surface area contributed by atoms with Crippen molar-refractivity contribution in [1.82, 2.24) is 5.32 Å². The van der Waals surface area contributed by atoms with E-state index in [2.05, 4.69) is 5.32 Å². The van der Waals surface area contributed by atoms with Crippen LogP contribution in [0, 0.1) is 0 Å². The average molecular weight is 235 g/mol. The van der Waals surface area contributed by atoms with Crippen LogP contribution in [0.1, 0.15) is 12.5 Å². The SMILES string of the molecule is C[C@H](N)C(=O)N[C@@H](Cc1ccccc1)C(N)=O. The zero-order chi connectivity index (χ0) is 12.8. The lowest BCUT2D eigenvalue weighted by molar-refractivity contribution is -0.127. The van der Waals surface area contributed by atoms with Crippen molar-refractivity contribution in [2.75, 3.05) is 0 Å². The molecule has 1 aromatic rings. The van der Waals surface area contributed by atoms with E-state index in [4.69, 9.17) is 11.5 Å². The zero-order valence-corrected chi connectivity index (χ0v) is 9.72. The van der Waals surface area contributed by atoms with Gasteiger partial charge in [-0.3, -0.25) is 9.59 Å². The molecule has 5 N–H and O–H groups in total. The highest BCUT2D eigenvalue weighted by atomic mass is 16.2. The number of rotatable bonds is 5. The topological polar surface area (TPSA) is 98.2 Å². The molecule has 0 aromatic heterocycles. The third-order valence-corrected chi connectivity index (χ3v) is 2.36. The smallest absolute Gasteiger partial charge is 0.240 e. The van der Waals surface area contributed by atoms with E-state index in [0.717, 1.165) is 5.56 Å². The number of benzene rings is 1. The molecule has 0 heterocycles. The maximum absolute atomic E-state index is 11.4. The van der Waals surface area contributed by atoms with Crippen molar-refractivity contribution in [3.8, 4) is 0 Å². The van der Waals surface area contributed by atoms with E-state index < -0.39 is 18.0 Å². The van der Waals surface area contributed by atoms with Crippen molar-refractivity contribution < 1.29 is 9.59 Å². The van der Waals surface area contributed by atoms with Crippen LogP contribution >= 0.6 is 0 Å². The molecule has 1 rings (SSSR count). The molecule has 92 valence electrons. The molecule has 0 saturated heterocycles. The first kappa shape index (κ1) is 13.2. The number of nitrogens with one attached hydrogen (secondary N) is 1. The Hall–Kier alpha value is -1.88. The van der Waals surface area contributed by atoms with Gasteiger partial charge < -0.3 is 16.8 Å². The summed E-state index contributed by atoms with van der Waals surface area (Å²) in [7, 11) is 0. The van der Waals surface area contributed by atoms with Crippen LogP contribution in [0.3, 0.4) is 0 Å². The lowest BCUT2D eigenvalue weighted by atomic mass is 10.1. The standard InChI is InChI=1S/C12H17N3O2/c1-8(13)12(17)15-10(11(14)16)7-9-5-3-2-4-6-9/h2-6,8,10H,7,13H2,1H3,(H2,14,16)(H,15,17)/t8-,10-/m0/s1. The molecule has 0 spiro atoms. The summed E-state index contributed by atoms with van der Waals surface area (Å²) < 4.78 is 0. The van der Waals surface area contributed by atoms with Gasteiger partial charge in [-0.2, -0.15) is 0 Å². The fourth-order valence-corrected chi connectivity index (χ4v) is 1.38. The van der Waals surface area contributed by atoms with Crippen LogP contribution in [0.25, 0.3) is 0 Å². The second-order valence-corrected chi connectivity index (χ2v) is 3.94. The van der Waals surface area contributed by atoms with Crippen molar-refractivity contribution in [3.05, 3.63) is 35.9 Å². The minimum atomic E-state index is -0.726. The Labute approximate surface area is 100 Å². The Balaban J connectivity index is 2.68. The van der Waals surface area contributed by atoms with Crippen molar-refractivity contribution in [1.29, 1.82) is 0 Å². The highest BCUT2D eigenvalue weighted by Gasteiger charge is 2.19. The number of amides is 2. The third kappa shape index (κ3) is 4.24. The van der Waals surface area contributed by atoms with Gasteiger partial charge in [0.1, 0.15) is 6.04 Å². The highest BCUT2D eigenvalue weighted by Crippen LogP contribution is 2.03. The summed E-state index contributed by atoms with van der Waals surface area (Å²) in [6, 6.07) is 7.95. The maximum atomic E-state index is 11.4. The van der Waals surface area contributed by atoms with Gasteiger partial charge in [-0.15, -0.1) is 0 Å². The second kappa shape index (κ2) is 6.00. The molecule has 2 atom stereocenters. The third-order valence-electron chi connectivity index (χ3n) is 2.36. The van der Waals surface area contributed by atoms with Crippen LogP contribution in [0.4, 0.5) is 0 Å². The van der Waals surface area contributed by atoms with Crippen LogP contribution in [-0.4, -0.2) is 23.9 Å². The number of hydrogen-bond donors (Lipinski definition) is 3. The van der Waals surface area contributed by atoms with Crippen LogP contribution < -0.4 is 16.8 Å². The molecular weight excluding hydrogens is 218 g/mol. The summed E-state index contributed by atoms with van der Waals surface area (Å²) in [4.78, 5) is 22.6. The van der Waals surface area contributed by atoms with Gasteiger partial charge in [0.05, 0.1) is 6.04 Å². The first-order valence-corrected chi connectivity index (χ1v) is 5.40. The van der Waals surface area contributed by atoms with Crippen LogP contribution in [0.15, 0.2) is 30.3 Å². The monoisotopic (exact) mass is 235 g/mol. The molecule has 0 bridgehead atoms. The fourth-order valence-electron chi connectivity index (χ4n) is 1.38. The van der Waals surface area contributed by atoms with E-state index in [-0.39, 0.29) is 5.91 Å². The molecular formula is C12H17N3O2. The molecule has 0 aliphatic carbocycles. The van der Waals surface area contributed by atoms with Gasteiger partial charge in [-0.25, -0.2) is 0 Å². The number of primary amides is 1. The van der Waals surface area contributed by atoms with E-state index in [0.29, 0.717) is 6.42 Å². The van der Waals surface area contributed by atoms with E-state index in [9.17, 15) is 9.59 Å². The van der Waals surface area contributed by atoms with E-state index >= 15 is 0 Å². The number of hydrogen-bond acceptors (Lipinski definition) is 3. The zero-order valence-electron chi connectivity index (χ0n) is 9.72. The summed E-state index contributed by atoms with van der Waals surface area (Å²) in [5, 5.41) is 2.53. The molecule has 5 heteroatoms. The van der Waals surface area contributed by atoms with Gasteiger partial charge in [-0.05, 0) is 12.5 Å². The van der Waals surface area contributed by atoms with Crippen molar-refractivity contribution >= 4 is 11.8 Å². The second-order valence-electron chi connectivity index (χ2n) is 3.94. The van der Waals surface area contributed by atoms with Gasteiger partial charge in [0.25, 0.3) is 0 Å². The number of carbonyl (C=O) groups is 2. The summed E-state index contributed by atoms with van der Waals surface area (Å²) in [6.07, 6.45) is 0.370. The molecule has 0 aliphatic rings. The first-order chi connectivity index (χ1) is 8.00. The van der Waals surface area contributed by atoms with Gasteiger partial charge in [-0.1, -0.05) is 30.3 Å². The normalized spacial score (nSPS) is 13.8. The Bertz CT molecular complexity index is 390. The van der Waals surface area contributed by atoms with Gasteiger partial charge in [0, 0.05) is 6.42 Å².